The SMILES string of the molecule is C=Cc1cc(C)c(N(N)/C=N\N)nn1. The van der Waals surface area contributed by atoms with Crippen LogP contribution in [0.1, 0.15) is 11.3 Å². The summed E-state index contributed by atoms with van der Waals surface area (Å²) in [4.78, 5) is 0. The van der Waals surface area contributed by atoms with Gasteiger partial charge in [0.25, 0.3) is 0 Å². The second-order valence-electron chi connectivity index (χ2n) is 2.65. The average Bonchev–Trinajstić information content (AvgIpc) is 2.17. The molecule has 0 spiro atoms. The smallest absolute Gasteiger partial charge is 0.173 e. The van der Waals surface area contributed by atoms with Crippen molar-refractivity contribution >= 4 is 18.2 Å². The van der Waals surface area contributed by atoms with Crippen molar-refractivity contribution in [2.24, 2.45) is 16.8 Å². The lowest BCUT2D eigenvalue weighted by atomic mass is 10.2. The molecule has 1 aromatic heterocycles. The molecular weight excluding hydrogens is 180 g/mol. The number of hydrogen-bond acceptors (Lipinski definition) is 5. The fourth-order valence-electron chi connectivity index (χ4n) is 0.981. The minimum absolute atomic E-state index is 0.504. The zero-order valence-electron chi connectivity index (χ0n) is 7.88. The summed E-state index contributed by atoms with van der Waals surface area (Å²) < 4.78 is 0. The molecule has 0 unspecified atom stereocenters. The molecule has 0 aliphatic heterocycles. The van der Waals surface area contributed by atoms with Crippen LogP contribution in [0.4, 0.5) is 5.82 Å². The standard InChI is InChI=1S/C8H12N6/c1-3-7-4-6(2)8(13-12-7)14(10)5-11-9/h3-5H,1,9-10H2,2H3/b11-5-. The Balaban J connectivity index is 3.05. The van der Waals surface area contributed by atoms with Crippen LogP contribution in [0.5, 0.6) is 0 Å². The first-order valence-corrected chi connectivity index (χ1v) is 3.93. The van der Waals surface area contributed by atoms with Crippen LogP contribution in [0, 0.1) is 6.92 Å². The van der Waals surface area contributed by atoms with E-state index in [-0.39, 0.29) is 0 Å². The first kappa shape index (κ1) is 10.1. The predicted molar refractivity (Wildman–Crippen MR) is 56.2 cm³/mol. The number of nitrogens with zero attached hydrogens (tertiary/aromatic N) is 4. The van der Waals surface area contributed by atoms with E-state index in [0.29, 0.717) is 11.5 Å². The van der Waals surface area contributed by atoms with E-state index < -0.39 is 0 Å². The molecule has 0 saturated carbocycles. The van der Waals surface area contributed by atoms with Gasteiger partial charge in [0.05, 0.1) is 5.69 Å². The lowest BCUT2D eigenvalue weighted by molar-refractivity contribution is 0.949. The fourth-order valence-corrected chi connectivity index (χ4v) is 0.981. The van der Waals surface area contributed by atoms with E-state index in [0.717, 1.165) is 5.56 Å². The molecule has 0 radical (unpaired) electrons. The maximum atomic E-state index is 5.57. The summed E-state index contributed by atoms with van der Waals surface area (Å²) in [5.41, 5.74) is 1.57. The molecule has 1 heterocycles. The van der Waals surface area contributed by atoms with Crippen LogP contribution in [0.15, 0.2) is 17.7 Å². The van der Waals surface area contributed by atoms with E-state index in [1.807, 2.05) is 13.0 Å². The van der Waals surface area contributed by atoms with Crippen molar-refractivity contribution < 1.29 is 0 Å². The molecule has 6 heteroatoms. The van der Waals surface area contributed by atoms with Gasteiger partial charge in [-0.15, -0.1) is 10.2 Å². The highest BCUT2D eigenvalue weighted by molar-refractivity contribution is 5.76. The topological polar surface area (TPSA) is 93.4 Å². The summed E-state index contributed by atoms with van der Waals surface area (Å²) in [5, 5.41) is 12.3. The minimum Gasteiger partial charge on any atom is -0.322 e. The summed E-state index contributed by atoms with van der Waals surface area (Å²) in [7, 11) is 0. The van der Waals surface area contributed by atoms with Crippen molar-refractivity contribution in [3.8, 4) is 0 Å². The van der Waals surface area contributed by atoms with Gasteiger partial charge in [-0.25, -0.2) is 10.9 Å². The molecule has 1 aromatic rings. The first-order valence-electron chi connectivity index (χ1n) is 3.93. The lowest BCUT2D eigenvalue weighted by Gasteiger charge is -2.12. The van der Waals surface area contributed by atoms with Crippen molar-refractivity contribution in [2.75, 3.05) is 5.01 Å². The summed E-state index contributed by atoms with van der Waals surface area (Å²) in [6.07, 6.45) is 2.87. The molecule has 6 nitrogen and oxygen atoms in total. The quantitative estimate of drug-likeness (QED) is 0.304. The summed E-state index contributed by atoms with van der Waals surface area (Å²) >= 11 is 0. The average molecular weight is 192 g/mol. The number of aromatic nitrogens is 2. The summed E-state index contributed by atoms with van der Waals surface area (Å²) in [6, 6.07) is 1.82. The molecule has 0 atom stereocenters. The Labute approximate surface area is 81.9 Å². The van der Waals surface area contributed by atoms with Crippen molar-refractivity contribution in [1.82, 2.24) is 10.2 Å². The van der Waals surface area contributed by atoms with Crippen LogP contribution in [0.3, 0.4) is 0 Å². The molecule has 0 bridgehead atoms. The fraction of sp³-hybridized carbons (Fsp3) is 0.125. The molecule has 0 aliphatic rings. The van der Waals surface area contributed by atoms with Crippen molar-refractivity contribution in [2.45, 2.75) is 6.92 Å². The molecule has 0 aliphatic carbocycles. The second-order valence-corrected chi connectivity index (χ2v) is 2.65. The van der Waals surface area contributed by atoms with Crippen molar-refractivity contribution in [3.63, 3.8) is 0 Å². The van der Waals surface area contributed by atoms with E-state index >= 15 is 0 Å². The van der Waals surface area contributed by atoms with Gasteiger partial charge in [0, 0.05) is 0 Å². The van der Waals surface area contributed by atoms with Gasteiger partial charge < -0.3 is 5.84 Å². The highest BCUT2D eigenvalue weighted by Crippen LogP contribution is 2.12. The van der Waals surface area contributed by atoms with Gasteiger partial charge in [-0.05, 0) is 24.6 Å². The molecule has 0 saturated heterocycles. The zero-order chi connectivity index (χ0) is 10.6. The Bertz CT molecular complexity index is 359. The van der Waals surface area contributed by atoms with E-state index in [1.54, 1.807) is 6.08 Å². The maximum absolute atomic E-state index is 5.57. The summed E-state index contributed by atoms with van der Waals surface area (Å²) in [6.45, 7) is 5.45. The van der Waals surface area contributed by atoms with Crippen LogP contribution < -0.4 is 16.7 Å². The van der Waals surface area contributed by atoms with Crippen molar-refractivity contribution in [1.29, 1.82) is 0 Å². The largest absolute Gasteiger partial charge is 0.322 e. The van der Waals surface area contributed by atoms with Gasteiger partial charge in [0.2, 0.25) is 0 Å². The number of hydrazone groups is 1. The van der Waals surface area contributed by atoms with Gasteiger partial charge in [0.1, 0.15) is 6.34 Å². The third kappa shape index (κ3) is 2.05. The van der Waals surface area contributed by atoms with Crippen LogP contribution in [-0.2, 0) is 0 Å². The van der Waals surface area contributed by atoms with Crippen molar-refractivity contribution in [3.05, 3.63) is 23.9 Å². The van der Waals surface area contributed by atoms with E-state index in [4.69, 9.17) is 11.7 Å². The monoisotopic (exact) mass is 192 g/mol. The van der Waals surface area contributed by atoms with E-state index in [9.17, 15) is 0 Å². The zero-order valence-corrected chi connectivity index (χ0v) is 7.88. The second kappa shape index (κ2) is 4.33. The predicted octanol–water partition coefficient (Wildman–Crippen LogP) is 0.0101. The molecule has 0 aromatic carbocycles. The molecule has 4 N–H and O–H groups in total. The number of hydrogen-bond donors (Lipinski definition) is 2. The number of hydrazine groups is 1. The van der Waals surface area contributed by atoms with Crippen LogP contribution in [0.2, 0.25) is 0 Å². The van der Waals surface area contributed by atoms with Crippen LogP contribution >= 0.6 is 0 Å². The van der Waals surface area contributed by atoms with Gasteiger partial charge in [-0.3, -0.25) is 0 Å². The number of nitrogens with two attached hydrogens (primary N) is 2. The highest BCUT2D eigenvalue weighted by Gasteiger charge is 2.05. The van der Waals surface area contributed by atoms with E-state index in [1.165, 1.54) is 11.3 Å². The first-order chi connectivity index (χ1) is 6.69. The van der Waals surface area contributed by atoms with Gasteiger partial charge in [-0.1, -0.05) is 6.58 Å². The number of anilines is 1. The highest BCUT2D eigenvalue weighted by atomic mass is 15.5. The molecule has 1 rings (SSSR count). The maximum Gasteiger partial charge on any atom is 0.173 e. The van der Waals surface area contributed by atoms with Crippen LogP contribution in [0.25, 0.3) is 6.08 Å². The van der Waals surface area contributed by atoms with E-state index in [2.05, 4.69) is 21.9 Å². The third-order valence-electron chi connectivity index (χ3n) is 1.62. The van der Waals surface area contributed by atoms with Gasteiger partial charge in [-0.2, -0.15) is 5.10 Å². The summed E-state index contributed by atoms with van der Waals surface area (Å²) in [5.74, 6) is 11.0. The molecular formula is C8H12N6. The molecule has 0 amide bonds. The Morgan fingerprint density at radius 1 is 1.57 bits per heavy atom. The molecule has 74 valence electrons. The Kier molecular flexibility index (Phi) is 3.14. The number of aryl methyl sites for hydroxylation is 1. The van der Waals surface area contributed by atoms with Crippen LogP contribution in [-0.4, -0.2) is 16.5 Å². The normalized spacial score (nSPS) is 10.4. The minimum atomic E-state index is 0.504. The third-order valence-corrected chi connectivity index (χ3v) is 1.62. The Morgan fingerprint density at radius 2 is 2.29 bits per heavy atom. The number of rotatable bonds is 3. The molecule has 0 fully saturated rings. The van der Waals surface area contributed by atoms with Gasteiger partial charge in [0.15, 0.2) is 5.82 Å². The molecule has 14 heavy (non-hydrogen) atoms. The van der Waals surface area contributed by atoms with Gasteiger partial charge >= 0.3 is 0 Å². The lowest BCUT2D eigenvalue weighted by Crippen LogP contribution is -2.31. The Hall–Kier alpha value is -1.95. The Morgan fingerprint density at radius 3 is 2.79 bits per heavy atom.